The number of thioether (sulfide) groups is 1. The fourth-order valence-corrected chi connectivity index (χ4v) is 3.76. The Balaban J connectivity index is 0.00000208. The van der Waals surface area contributed by atoms with E-state index in [1.165, 1.54) is 6.20 Å². The summed E-state index contributed by atoms with van der Waals surface area (Å²) in [6.45, 7) is 3.81. The Kier molecular flexibility index (Phi) is 6.92. The number of aromatic nitrogens is 1. The van der Waals surface area contributed by atoms with Gasteiger partial charge in [-0.15, -0.1) is 0 Å². The van der Waals surface area contributed by atoms with Crippen LogP contribution >= 0.6 is 11.8 Å². The Morgan fingerprint density at radius 3 is 2.58 bits per heavy atom. The summed E-state index contributed by atoms with van der Waals surface area (Å²) in [5.41, 5.74) is -0.150. The van der Waals surface area contributed by atoms with Crippen molar-refractivity contribution in [1.29, 1.82) is 0 Å². The predicted molar refractivity (Wildman–Crippen MR) is 87.7 cm³/mol. The molecule has 0 atom stereocenters. The van der Waals surface area contributed by atoms with Crippen molar-refractivity contribution in [2.24, 2.45) is 0 Å². The fraction of sp³-hybridized carbons (Fsp3) is 0.375. The molecule has 1 aliphatic heterocycles. The summed E-state index contributed by atoms with van der Waals surface area (Å²) in [4.78, 5) is 25.3. The van der Waals surface area contributed by atoms with E-state index in [1.54, 1.807) is 10.6 Å². The summed E-state index contributed by atoms with van der Waals surface area (Å²) in [7, 11) is 0. The van der Waals surface area contributed by atoms with Crippen LogP contribution in [0.3, 0.4) is 0 Å². The molecule has 0 amide bonds. The van der Waals surface area contributed by atoms with Gasteiger partial charge in [0.05, 0.1) is 22.7 Å². The zero-order valence-corrected chi connectivity index (χ0v) is 17.6. The van der Waals surface area contributed by atoms with Crippen LogP contribution in [0.25, 0.3) is 10.9 Å². The third-order valence-electron chi connectivity index (χ3n) is 4.06. The molecule has 1 fully saturated rings. The number of rotatable bonds is 3. The molecule has 0 N–H and O–H groups in total. The number of aryl methyl sites for hydroxylation is 1. The zero-order chi connectivity index (χ0) is 16.6. The minimum Gasteiger partial charge on any atom is -0.545 e. The van der Waals surface area contributed by atoms with E-state index in [9.17, 15) is 19.1 Å². The SMILES string of the molecule is CCn1cc(C(=O)[O-])c(=O)c2cc(F)c(N3CCSCC3)cc21.[K+]. The Labute approximate surface area is 185 Å². The monoisotopic (exact) mass is 374 g/mol. The van der Waals surface area contributed by atoms with E-state index in [4.69, 9.17) is 0 Å². The van der Waals surface area contributed by atoms with Gasteiger partial charge in [0.2, 0.25) is 0 Å². The molecule has 0 bridgehead atoms. The number of hydrogen-bond donors (Lipinski definition) is 0. The Morgan fingerprint density at radius 1 is 1.33 bits per heavy atom. The summed E-state index contributed by atoms with van der Waals surface area (Å²) in [6.07, 6.45) is 1.27. The fourth-order valence-electron chi connectivity index (χ4n) is 2.85. The first kappa shape index (κ1) is 19.9. The van der Waals surface area contributed by atoms with Gasteiger partial charge in [-0.05, 0) is 19.1 Å². The Bertz CT molecular complexity index is 834. The molecule has 2 aromatic rings. The standard InChI is InChI=1S/C16H17FN2O3S.K/c1-2-18-9-11(16(21)22)15(20)10-7-12(17)14(8-13(10)18)19-3-5-23-6-4-19;/h7-9H,2-6H2,1H3,(H,21,22);/q;+1/p-1. The number of aromatic carboxylic acids is 1. The average molecular weight is 374 g/mol. The van der Waals surface area contributed by atoms with Crippen molar-refractivity contribution in [1.82, 2.24) is 4.57 Å². The van der Waals surface area contributed by atoms with E-state index in [-0.39, 0.29) is 56.8 Å². The number of carbonyl (C=O) groups excluding carboxylic acids is 1. The van der Waals surface area contributed by atoms with Crippen LogP contribution in [0, 0.1) is 5.82 Å². The largest absolute Gasteiger partial charge is 1.00 e. The van der Waals surface area contributed by atoms with Crippen molar-refractivity contribution >= 4 is 34.3 Å². The van der Waals surface area contributed by atoms with Crippen LogP contribution in [0.2, 0.25) is 0 Å². The van der Waals surface area contributed by atoms with Gasteiger partial charge in [-0.25, -0.2) is 4.39 Å². The van der Waals surface area contributed by atoms with Crippen molar-refractivity contribution < 1.29 is 65.7 Å². The molecule has 1 aliphatic rings. The molecule has 1 saturated heterocycles. The first-order valence-corrected chi connectivity index (χ1v) is 8.59. The first-order valence-electron chi connectivity index (χ1n) is 7.43. The third-order valence-corrected chi connectivity index (χ3v) is 5.00. The second kappa shape index (κ2) is 8.33. The maximum atomic E-state index is 14.5. The predicted octanol–water partition coefficient (Wildman–Crippen LogP) is -1.92. The molecule has 0 radical (unpaired) electrons. The molecule has 24 heavy (non-hydrogen) atoms. The number of hydrogen-bond acceptors (Lipinski definition) is 5. The summed E-state index contributed by atoms with van der Waals surface area (Å²) >= 11 is 1.83. The molecule has 1 aromatic carbocycles. The van der Waals surface area contributed by atoms with E-state index in [1.807, 2.05) is 23.6 Å². The summed E-state index contributed by atoms with van der Waals surface area (Å²) < 4.78 is 16.1. The molecule has 0 spiro atoms. The van der Waals surface area contributed by atoms with Gasteiger partial charge in [-0.1, -0.05) is 0 Å². The molecule has 2 heterocycles. The third kappa shape index (κ3) is 3.73. The second-order valence-electron chi connectivity index (χ2n) is 5.37. The number of pyridine rings is 1. The molecule has 122 valence electrons. The van der Waals surface area contributed by atoms with Gasteiger partial charge >= 0.3 is 51.4 Å². The van der Waals surface area contributed by atoms with Crippen LogP contribution in [0.4, 0.5) is 10.1 Å². The minimum atomic E-state index is -1.54. The number of anilines is 1. The molecule has 0 aliphatic carbocycles. The van der Waals surface area contributed by atoms with Crippen LogP contribution < -0.4 is 66.8 Å². The maximum Gasteiger partial charge on any atom is 1.00 e. The van der Waals surface area contributed by atoms with Gasteiger partial charge < -0.3 is 19.4 Å². The van der Waals surface area contributed by atoms with Gasteiger partial charge in [0, 0.05) is 42.7 Å². The molecular formula is C16H16FKN2O3S. The number of carbonyl (C=O) groups is 1. The molecule has 0 saturated carbocycles. The van der Waals surface area contributed by atoms with E-state index in [2.05, 4.69) is 0 Å². The van der Waals surface area contributed by atoms with Crippen LogP contribution in [-0.2, 0) is 6.54 Å². The zero-order valence-electron chi connectivity index (χ0n) is 13.7. The van der Waals surface area contributed by atoms with Crippen molar-refractivity contribution in [2.75, 3.05) is 29.5 Å². The van der Waals surface area contributed by atoms with Crippen molar-refractivity contribution in [3.63, 3.8) is 0 Å². The van der Waals surface area contributed by atoms with Crippen LogP contribution in [0.15, 0.2) is 23.1 Å². The second-order valence-corrected chi connectivity index (χ2v) is 6.59. The van der Waals surface area contributed by atoms with E-state index in [0.717, 1.165) is 30.7 Å². The Hall–Kier alpha value is -0.384. The first-order chi connectivity index (χ1) is 11.0. The van der Waals surface area contributed by atoms with Crippen molar-refractivity contribution in [3.8, 4) is 0 Å². The van der Waals surface area contributed by atoms with Gasteiger partial charge in [-0.3, -0.25) is 4.79 Å². The number of nitrogens with zero attached hydrogens (tertiary/aromatic N) is 2. The van der Waals surface area contributed by atoms with Gasteiger partial charge in [0.1, 0.15) is 5.82 Å². The Morgan fingerprint density at radius 2 is 2.00 bits per heavy atom. The molecule has 5 nitrogen and oxygen atoms in total. The minimum absolute atomic E-state index is 0. The number of benzene rings is 1. The van der Waals surface area contributed by atoms with E-state index < -0.39 is 22.8 Å². The van der Waals surface area contributed by atoms with Gasteiger partial charge in [0.15, 0.2) is 5.43 Å². The van der Waals surface area contributed by atoms with E-state index >= 15 is 0 Å². The van der Waals surface area contributed by atoms with Crippen molar-refractivity contribution in [3.05, 3.63) is 39.9 Å². The molecular weight excluding hydrogens is 358 g/mol. The van der Waals surface area contributed by atoms with Crippen LogP contribution in [0.5, 0.6) is 0 Å². The molecule has 1 aromatic heterocycles. The van der Waals surface area contributed by atoms with E-state index in [0.29, 0.717) is 17.7 Å². The average Bonchev–Trinajstić information content (AvgIpc) is 2.55. The molecule has 0 unspecified atom stereocenters. The smallest absolute Gasteiger partial charge is 0.545 e. The normalized spacial score (nSPS) is 14.5. The number of fused-ring (bicyclic) bond motifs is 1. The molecule has 3 rings (SSSR count). The van der Waals surface area contributed by atoms with Crippen LogP contribution in [0.1, 0.15) is 17.3 Å². The van der Waals surface area contributed by atoms with Crippen molar-refractivity contribution in [2.45, 2.75) is 13.5 Å². The topological polar surface area (TPSA) is 65.4 Å². The quantitative estimate of drug-likeness (QED) is 0.586. The number of carboxylic acid groups (broad SMARTS) is 1. The summed E-state index contributed by atoms with van der Waals surface area (Å²) in [6, 6.07) is 2.79. The summed E-state index contributed by atoms with van der Waals surface area (Å²) in [5.74, 6) is -0.181. The number of halogens is 1. The maximum absolute atomic E-state index is 14.5. The molecule has 8 heteroatoms. The number of carboxylic acids is 1. The van der Waals surface area contributed by atoms with Crippen LogP contribution in [-0.4, -0.2) is 35.1 Å². The van der Waals surface area contributed by atoms with Gasteiger partial charge in [0.25, 0.3) is 0 Å². The van der Waals surface area contributed by atoms with Gasteiger partial charge in [-0.2, -0.15) is 11.8 Å². The summed E-state index contributed by atoms with van der Waals surface area (Å²) in [5, 5.41) is 11.2.